The Labute approximate surface area is 221 Å². The molecule has 4 rings (SSSR count). The first-order valence-corrected chi connectivity index (χ1v) is 13.1. The third-order valence-corrected chi connectivity index (χ3v) is 6.64. The lowest BCUT2D eigenvalue weighted by atomic mass is 9.94. The first-order chi connectivity index (χ1) is 18.4. The lowest BCUT2D eigenvalue weighted by Crippen LogP contribution is -2.31. The fourth-order valence-corrected chi connectivity index (χ4v) is 4.45. The fourth-order valence-electron chi connectivity index (χ4n) is 4.45. The molecule has 38 heavy (non-hydrogen) atoms. The third kappa shape index (κ3) is 6.27. The van der Waals surface area contributed by atoms with Gasteiger partial charge in [-0.05, 0) is 54.2 Å². The van der Waals surface area contributed by atoms with E-state index in [4.69, 9.17) is 14.2 Å². The van der Waals surface area contributed by atoms with Gasteiger partial charge in [0.1, 0.15) is 0 Å². The van der Waals surface area contributed by atoms with Crippen molar-refractivity contribution in [1.29, 1.82) is 0 Å². The summed E-state index contributed by atoms with van der Waals surface area (Å²) in [6.45, 7) is 4.55. The highest BCUT2D eigenvalue weighted by Gasteiger charge is 2.27. The molecule has 0 N–H and O–H groups in total. The molecule has 0 amide bonds. The van der Waals surface area contributed by atoms with E-state index in [0.29, 0.717) is 17.5 Å². The maximum atomic E-state index is 15.1. The van der Waals surface area contributed by atoms with E-state index >= 15 is 8.78 Å². The van der Waals surface area contributed by atoms with Crippen molar-refractivity contribution < 1.29 is 31.8 Å². The molecular formula is C31H32F4O3. The average Bonchev–Trinajstić information content (AvgIpc) is 2.94. The summed E-state index contributed by atoms with van der Waals surface area (Å²) in [4.78, 5) is 0. The SMILES string of the molecule is CC/C=C\Oc1ccc(-c2ccc(-c3ccc(C4COC(CCCCC)OC4)c(F)c3F)cc2)c(F)c1F. The van der Waals surface area contributed by atoms with Crippen LogP contribution in [-0.2, 0) is 9.47 Å². The summed E-state index contributed by atoms with van der Waals surface area (Å²) in [5, 5.41) is 0. The van der Waals surface area contributed by atoms with Crippen molar-refractivity contribution in [1.82, 2.24) is 0 Å². The van der Waals surface area contributed by atoms with Crippen molar-refractivity contribution in [2.24, 2.45) is 0 Å². The Morgan fingerprint density at radius 3 is 1.97 bits per heavy atom. The fraction of sp³-hybridized carbons (Fsp3) is 0.355. The van der Waals surface area contributed by atoms with Gasteiger partial charge in [-0.15, -0.1) is 0 Å². The third-order valence-electron chi connectivity index (χ3n) is 6.64. The molecular weight excluding hydrogens is 496 g/mol. The molecule has 1 fully saturated rings. The molecule has 1 aliphatic rings. The van der Waals surface area contributed by atoms with Gasteiger partial charge in [0.05, 0.1) is 19.5 Å². The quantitative estimate of drug-likeness (QED) is 0.149. The van der Waals surface area contributed by atoms with Gasteiger partial charge in [0.25, 0.3) is 0 Å². The molecule has 1 heterocycles. The molecule has 3 aromatic rings. The molecule has 0 aliphatic carbocycles. The minimum absolute atomic E-state index is 0.0353. The van der Waals surface area contributed by atoms with Crippen LogP contribution in [0.25, 0.3) is 22.3 Å². The minimum Gasteiger partial charge on any atom is -0.462 e. The van der Waals surface area contributed by atoms with E-state index in [-0.39, 0.29) is 41.9 Å². The Bertz CT molecular complexity index is 1250. The van der Waals surface area contributed by atoms with Crippen LogP contribution in [0.2, 0.25) is 0 Å². The van der Waals surface area contributed by atoms with Gasteiger partial charge in [-0.1, -0.05) is 63.1 Å². The van der Waals surface area contributed by atoms with Crippen molar-refractivity contribution >= 4 is 0 Å². The van der Waals surface area contributed by atoms with Gasteiger partial charge in [-0.3, -0.25) is 0 Å². The molecule has 0 bridgehead atoms. The highest BCUT2D eigenvalue weighted by Crippen LogP contribution is 2.34. The topological polar surface area (TPSA) is 27.7 Å². The Hall–Kier alpha value is -3.16. The highest BCUT2D eigenvalue weighted by molar-refractivity contribution is 5.72. The van der Waals surface area contributed by atoms with Crippen molar-refractivity contribution in [2.45, 2.75) is 58.2 Å². The number of rotatable bonds is 10. The molecule has 0 aromatic heterocycles. The van der Waals surface area contributed by atoms with Gasteiger partial charge in [0.15, 0.2) is 29.5 Å². The Balaban J connectivity index is 1.48. The Morgan fingerprint density at radius 2 is 1.37 bits per heavy atom. The van der Waals surface area contributed by atoms with Gasteiger partial charge in [0, 0.05) is 17.0 Å². The summed E-state index contributed by atoms with van der Waals surface area (Å²) in [5.74, 6) is -4.67. The molecule has 202 valence electrons. The van der Waals surface area contributed by atoms with Crippen LogP contribution < -0.4 is 4.74 Å². The van der Waals surface area contributed by atoms with E-state index in [0.717, 1.165) is 25.7 Å². The second-order valence-electron chi connectivity index (χ2n) is 9.33. The molecule has 0 atom stereocenters. The molecule has 3 aromatic carbocycles. The van der Waals surface area contributed by atoms with Gasteiger partial charge >= 0.3 is 0 Å². The van der Waals surface area contributed by atoms with Gasteiger partial charge in [-0.2, -0.15) is 4.39 Å². The van der Waals surface area contributed by atoms with Crippen molar-refractivity contribution in [3.63, 3.8) is 0 Å². The van der Waals surface area contributed by atoms with Gasteiger partial charge in [-0.25, -0.2) is 13.2 Å². The van der Waals surface area contributed by atoms with Crippen LogP contribution in [0, 0.1) is 23.3 Å². The van der Waals surface area contributed by atoms with Crippen LogP contribution in [0.5, 0.6) is 5.75 Å². The zero-order chi connectivity index (χ0) is 27.1. The summed E-state index contributed by atoms with van der Waals surface area (Å²) in [6.07, 6.45) is 7.37. The number of halogens is 4. The zero-order valence-electron chi connectivity index (χ0n) is 21.6. The maximum absolute atomic E-state index is 15.1. The van der Waals surface area contributed by atoms with Crippen LogP contribution in [-0.4, -0.2) is 19.5 Å². The van der Waals surface area contributed by atoms with Crippen LogP contribution >= 0.6 is 0 Å². The predicted octanol–water partition coefficient (Wildman–Crippen LogP) is 8.92. The van der Waals surface area contributed by atoms with Crippen LogP contribution in [0.1, 0.15) is 57.4 Å². The normalized spacial score (nSPS) is 17.7. The molecule has 0 spiro atoms. The standard InChI is InChI=1S/C31H32F4O3/c1-3-5-7-8-27-37-18-22(19-38-27)25-14-13-23(28(32)29(25)33)20-9-11-21(12-10-20)24-15-16-26(31(35)30(24)34)36-17-6-4-2/h6,9-17,22,27H,3-5,7-8,18-19H2,1-2H3/b17-6-. The van der Waals surface area contributed by atoms with E-state index in [1.54, 1.807) is 24.3 Å². The number of hydrogen-bond acceptors (Lipinski definition) is 3. The average molecular weight is 529 g/mol. The van der Waals surface area contributed by atoms with Gasteiger partial charge < -0.3 is 14.2 Å². The summed E-state index contributed by atoms with van der Waals surface area (Å²) in [6, 6.07) is 12.0. The Morgan fingerprint density at radius 1 is 0.763 bits per heavy atom. The lowest BCUT2D eigenvalue weighted by molar-refractivity contribution is -0.190. The second-order valence-corrected chi connectivity index (χ2v) is 9.33. The molecule has 7 heteroatoms. The second kappa shape index (κ2) is 13.1. The molecule has 1 saturated heterocycles. The summed E-state index contributed by atoms with van der Waals surface area (Å²) < 4.78 is 75.9. The van der Waals surface area contributed by atoms with E-state index in [9.17, 15) is 8.78 Å². The summed E-state index contributed by atoms with van der Waals surface area (Å²) >= 11 is 0. The van der Waals surface area contributed by atoms with Crippen molar-refractivity contribution in [3.05, 3.63) is 89.7 Å². The summed E-state index contributed by atoms with van der Waals surface area (Å²) in [5.41, 5.74) is 1.13. The van der Waals surface area contributed by atoms with E-state index in [1.807, 2.05) is 6.92 Å². The predicted molar refractivity (Wildman–Crippen MR) is 140 cm³/mol. The minimum atomic E-state index is -1.10. The largest absolute Gasteiger partial charge is 0.462 e. The van der Waals surface area contributed by atoms with E-state index < -0.39 is 29.2 Å². The lowest BCUT2D eigenvalue weighted by Gasteiger charge is -2.30. The summed E-state index contributed by atoms with van der Waals surface area (Å²) in [7, 11) is 0. The molecule has 0 saturated carbocycles. The van der Waals surface area contributed by atoms with Crippen LogP contribution in [0.15, 0.2) is 60.9 Å². The highest BCUT2D eigenvalue weighted by atomic mass is 19.2. The monoisotopic (exact) mass is 528 g/mol. The van der Waals surface area contributed by atoms with E-state index in [2.05, 4.69) is 6.92 Å². The van der Waals surface area contributed by atoms with Gasteiger partial charge in [0.2, 0.25) is 5.82 Å². The molecule has 0 unspecified atom stereocenters. The zero-order valence-corrected chi connectivity index (χ0v) is 21.6. The first-order valence-electron chi connectivity index (χ1n) is 13.1. The number of allylic oxidation sites excluding steroid dienone is 1. The van der Waals surface area contributed by atoms with Crippen LogP contribution in [0.4, 0.5) is 17.6 Å². The Kier molecular flexibility index (Phi) is 9.58. The number of hydrogen-bond donors (Lipinski definition) is 0. The van der Waals surface area contributed by atoms with Crippen molar-refractivity contribution in [3.8, 4) is 28.0 Å². The number of ether oxygens (including phenoxy) is 3. The number of unbranched alkanes of at least 4 members (excludes halogenated alkanes) is 2. The smallest absolute Gasteiger partial charge is 0.201 e. The molecule has 1 aliphatic heterocycles. The van der Waals surface area contributed by atoms with Crippen LogP contribution in [0.3, 0.4) is 0 Å². The number of benzene rings is 3. The van der Waals surface area contributed by atoms with E-state index in [1.165, 1.54) is 36.6 Å². The first kappa shape index (κ1) is 27.9. The molecule has 3 nitrogen and oxygen atoms in total. The van der Waals surface area contributed by atoms with Crippen molar-refractivity contribution in [2.75, 3.05) is 13.2 Å². The maximum Gasteiger partial charge on any atom is 0.201 e. The molecule has 0 radical (unpaired) electrons.